The molecule has 0 amide bonds. The maximum Gasteiger partial charge on any atom is 0.120 e. The molecule has 3 aromatic rings. The second-order valence-electron chi connectivity index (χ2n) is 8.18. The Bertz CT molecular complexity index is 930. The lowest BCUT2D eigenvalue weighted by atomic mass is 10.0. The van der Waals surface area contributed by atoms with Crippen LogP contribution in [0.1, 0.15) is 29.5 Å². The predicted molar refractivity (Wildman–Crippen MR) is 124 cm³/mol. The molecule has 3 aromatic carbocycles. The maximum absolute atomic E-state index is 10.3. The number of aryl methyl sites for hydroxylation is 1. The van der Waals surface area contributed by atoms with Crippen LogP contribution >= 0.6 is 0 Å². The number of fused-ring (bicyclic) bond motifs is 1. The van der Waals surface area contributed by atoms with Crippen molar-refractivity contribution in [1.29, 1.82) is 0 Å². The molecule has 1 aliphatic carbocycles. The van der Waals surface area contributed by atoms with Gasteiger partial charge in [-0.1, -0.05) is 54.6 Å². The zero-order chi connectivity index (χ0) is 21.3. The van der Waals surface area contributed by atoms with Crippen LogP contribution in [-0.2, 0) is 19.4 Å². The Labute approximate surface area is 184 Å². The molecule has 0 aliphatic heterocycles. The van der Waals surface area contributed by atoms with E-state index >= 15 is 0 Å². The number of aliphatic hydroxyl groups excluding tert-OH is 1. The Morgan fingerprint density at radius 3 is 2.45 bits per heavy atom. The van der Waals surface area contributed by atoms with Crippen molar-refractivity contribution >= 4 is 0 Å². The van der Waals surface area contributed by atoms with Gasteiger partial charge in [0.25, 0.3) is 0 Å². The van der Waals surface area contributed by atoms with E-state index in [9.17, 15) is 5.11 Å². The number of aliphatic hydroxyl groups is 1. The molecule has 4 rings (SSSR count). The third-order valence-corrected chi connectivity index (χ3v) is 5.72. The third-order valence-electron chi connectivity index (χ3n) is 5.72. The highest BCUT2D eigenvalue weighted by molar-refractivity contribution is 5.37. The van der Waals surface area contributed by atoms with E-state index in [2.05, 4.69) is 35.6 Å². The predicted octanol–water partition coefficient (Wildman–Crippen LogP) is 4.54. The van der Waals surface area contributed by atoms with Gasteiger partial charge in [0.2, 0.25) is 0 Å². The molecule has 0 fully saturated rings. The summed E-state index contributed by atoms with van der Waals surface area (Å²) in [5.41, 5.74) is 3.92. The molecule has 0 aromatic heterocycles. The number of para-hydroxylation sites is 1. The molecule has 0 bridgehead atoms. The molecule has 0 spiro atoms. The van der Waals surface area contributed by atoms with Crippen LogP contribution in [0.5, 0.6) is 11.5 Å². The first-order valence-electron chi connectivity index (χ1n) is 11.1. The zero-order valence-corrected chi connectivity index (χ0v) is 17.9. The fourth-order valence-corrected chi connectivity index (χ4v) is 4.02. The lowest BCUT2D eigenvalue weighted by molar-refractivity contribution is 0.103. The summed E-state index contributed by atoms with van der Waals surface area (Å²) in [4.78, 5) is 0. The summed E-state index contributed by atoms with van der Waals surface area (Å²) < 4.78 is 11.7. The summed E-state index contributed by atoms with van der Waals surface area (Å²) in [6.45, 7) is 1.39. The molecular formula is C27H31NO3. The summed E-state index contributed by atoms with van der Waals surface area (Å²) in [5.74, 6) is 1.70. The van der Waals surface area contributed by atoms with Gasteiger partial charge in [-0.25, -0.2) is 0 Å². The van der Waals surface area contributed by atoms with E-state index in [1.807, 2.05) is 48.5 Å². The average Bonchev–Trinajstić information content (AvgIpc) is 3.03. The van der Waals surface area contributed by atoms with Gasteiger partial charge in [-0.2, -0.15) is 0 Å². The highest BCUT2D eigenvalue weighted by atomic mass is 16.5. The van der Waals surface area contributed by atoms with Crippen LogP contribution in [0.3, 0.4) is 0 Å². The summed E-state index contributed by atoms with van der Waals surface area (Å²) in [6, 6.07) is 26.7. The SMILES string of the molecule is O[C@@H](CNC1CCCc2ccc(OCc3ccccc3)cc2C1)COc1ccccc1. The van der Waals surface area contributed by atoms with E-state index in [4.69, 9.17) is 9.47 Å². The summed E-state index contributed by atoms with van der Waals surface area (Å²) >= 11 is 0. The van der Waals surface area contributed by atoms with Gasteiger partial charge in [0.1, 0.15) is 30.8 Å². The van der Waals surface area contributed by atoms with Gasteiger partial charge in [0.05, 0.1) is 0 Å². The molecule has 1 unspecified atom stereocenters. The topological polar surface area (TPSA) is 50.7 Å². The minimum atomic E-state index is -0.538. The standard InChI is InChI=1S/C27H31NO3/c29-25(20-31-26-12-5-2-6-13-26)18-28-24-11-7-10-22-14-15-27(17-23(22)16-24)30-19-21-8-3-1-4-9-21/h1-6,8-9,12-15,17,24-25,28-29H,7,10-11,16,18-20H2/t24?,25-/m0/s1. The van der Waals surface area contributed by atoms with Crippen molar-refractivity contribution in [2.45, 2.75) is 44.4 Å². The molecule has 2 N–H and O–H groups in total. The molecule has 31 heavy (non-hydrogen) atoms. The Hall–Kier alpha value is -2.82. The lowest BCUT2D eigenvalue weighted by Gasteiger charge is -2.20. The van der Waals surface area contributed by atoms with Crippen molar-refractivity contribution in [2.24, 2.45) is 0 Å². The number of nitrogens with one attached hydrogen (secondary N) is 1. The fraction of sp³-hybridized carbons (Fsp3) is 0.333. The quantitative estimate of drug-likeness (QED) is 0.502. The molecule has 0 saturated heterocycles. The number of ether oxygens (including phenoxy) is 2. The smallest absolute Gasteiger partial charge is 0.120 e. The number of hydrogen-bond acceptors (Lipinski definition) is 4. The first-order chi connectivity index (χ1) is 15.3. The van der Waals surface area contributed by atoms with Crippen LogP contribution in [-0.4, -0.2) is 30.4 Å². The molecule has 1 aliphatic rings. The van der Waals surface area contributed by atoms with Crippen molar-refractivity contribution in [3.05, 3.63) is 95.6 Å². The number of rotatable bonds is 9. The van der Waals surface area contributed by atoms with Gasteiger partial charge in [-0.05, 0) is 66.6 Å². The normalized spacial score (nSPS) is 16.7. The number of hydrogen-bond donors (Lipinski definition) is 2. The van der Waals surface area contributed by atoms with Crippen LogP contribution in [0, 0.1) is 0 Å². The lowest BCUT2D eigenvalue weighted by Crippen LogP contribution is -2.39. The Balaban J connectivity index is 1.28. The van der Waals surface area contributed by atoms with E-state index in [0.29, 0.717) is 19.2 Å². The second-order valence-corrected chi connectivity index (χ2v) is 8.18. The largest absolute Gasteiger partial charge is 0.491 e. The van der Waals surface area contributed by atoms with Crippen molar-refractivity contribution in [3.8, 4) is 11.5 Å². The number of benzene rings is 3. The molecular weight excluding hydrogens is 386 g/mol. The molecule has 0 saturated carbocycles. The average molecular weight is 418 g/mol. The summed E-state index contributed by atoms with van der Waals surface area (Å²) in [5, 5.41) is 13.9. The molecule has 4 nitrogen and oxygen atoms in total. The monoisotopic (exact) mass is 417 g/mol. The minimum Gasteiger partial charge on any atom is -0.491 e. The van der Waals surface area contributed by atoms with Gasteiger partial charge < -0.3 is 19.9 Å². The van der Waals surface area contributed by atoms with Crippen molar-refractivity contribution in [1.82, 2.24) is 5.32 Å². The summed E-state index contributed by atoms with van der Waals surface area (Å²) in [6.07, 6.45) is 3.74. The van der Waals surface area contributed by atoms with Crippen LogP contribution in [0.4, 0.5) is 0 Å². The van der Waals surface area contributed by atoms with E-state index in [-0.39, 0.29) is 6.61 Å². The van der Waals surface area contributed by atoms with Crippen LogP contribution in [0.15, 0.2) is 78.9 Å². The molecule has 0 radical (unpaired) electrons. The fourth-order valence-electron chi connectivity index (χ4n) is 4.02. The zero-order valence-electron chi connectivity index (χ0n) is 17.9. The Morgan fingerprint density at radius 2 is 1.65 bits per heavy atom. The van der Waals surface area contributed by atoms with Gasteiger partial charge in [0, 0.05) is 12.6 Å². The van der Waals surface area contributed by atoms with Gasteiger partial charge in [-0.15, -0.1) is 0 Å². The maximum atomic E-state index is 10.3. The van der Waals surface area contributed by atoms with Crippen LogP contribution in [0.25, 0.3) is 0 Å². The van der Waals surface area contributed by atoms with Gasteiger partial charge in [0.15, 0.2) is 0 Å². The Kier molecular flexibility index (Phi) is 7.59. The van der Waals surface area contributed by atoms with Gasteiger partial charge in [-0.3, -0.25) is 0 Å². The van der Waals surface area contributed by atoms with Crippen molar-refractivity contribution in [2.75, 3.05) is 13.2 Å². The molecule has 162 valence electrons. The van der Waals surface area contributed by atoms with Crippen LogP contribution in [0.2, 0.25) is 0 Å². The first kappa shape index (κ1) is 21.4. The van der Waals surface area contributed by atoms with E-state index in [1.165, 1.54) is 16.7 Å². The highest BCUT2D eigenvalue weighted by Crippen LogP contribution is 2.25. The highest BCUT2D eigenvalue weighted by Gasteiger charge is 2.18. The van der Waals surface area contributed by atoms with Crippen molar-refractivity contribution < 1.29 is 14.6 Å². The second kappa shape index (κ2) is 11.0. The van der Waals surface area contributed by atoms with Crippen molar-refractivity contribution in [3.63, 3.8) is 0 Å². The van der Waals surface area contributed by atoms with Crippen LogP contribution < -0.4 is 14.8 Å². The van der Waals surface area contributed by atoms with E-state index in [1.54, 1.807) is 0 Å². The Morgan fingerprint density at radius 1 is 0.871 bits per heavy atom. The van der Waals surface area contributed by atoms with E-state index in [0.717, 1.165) is 37.2 Å². The third kappa shape index (κ3) is 6.58. The molecule has 4 heteroatoms. The molecule has 2 atom stereocenters. The minimum absolute atomic E-state index is 0.289. The summed E-state index contributed by atoms with van der Waals surface area (Å²) in [7, 11) is 0. The van der Waals surface area contributed by atoms with Gasteiger partial charge >= 0.3 is 0 Å². The van der Waals surface area contributed by atoms with E-state index < -0.39 is 6.10 Å². The molecule has 0 heterocycles. The first-order valence-corrected chi connectivity index (χ1v) is 11.1.